The minimum atomic E-state index is 0.586. The zero-order valence-corrected chi connectivity index (χ0v) is 12.2. The first kappa shape index (κ1) is 12.9. The Labute approximate surface area is 115 Å². The summed E-state index contributed by atoms with van der Waals surface area (Å²) < 4.78 is 6.88. The molecule has 0 bridgehead atoms. The lowest BCUT2D eigenvalue weighted by Gasteiger charge is -2.09. The molecule has 18 heavy (non-hydrogen) atoms. The fraction of sp³-hybridized carbons (Fsp3) is 0.214. The Bertz CT molecular complexity index is 546. The van der Waals surface area contributed by atoms with E-state index in [1.807, 2.05) is 51.2 Å². The minimum absolute atomic E-state index is 0.586. The van der Waals surface area contributed by atoms with Crippen LogP contribution in [-0.2, 0) is 0 Å². The number of aromatic nitrogens is 1. The van der Waals surface area contributed by atoms with Crippen molar-refractivity contribution in [1.29, 1.82) is 0 Å². The van der Waals surface area contributed by atoms with Crippen molar-refractivity contribution in [3.63, 3.8) is 0 Å². The van der Waals surface area contributed by atoms with Crippen LogP contribution in [0.15, 0.2) is 34.8 Å². The van der Waals surface area contributed by atoms with Crippen molar-refractivity contribution in [1.82, 2.24) is 4.98 Å². The number of halogens is 1. The molecule has 0 radical (unpaired) electrons. The average molecular weight is 307 g/mol. The van der Waals surface area contributed by atoms with Crippen molar-refractivity contribution in [3.8, 4) is 11.6 Å². The normalized spacial score (nSPS) is 10.2. The quantitative estimate of drug-likeness (QED) is 0.918. The van der Waals surface area contributed by atoms with E-state index in [-0.39, 0.29) is 0 Å². The summed E-state index contributed by atoms with van der Waals surface area (Å²) in [4.78, 5) is 4.32. The lowest BCUT2D eigenvalue weighted by molar-refractivity contribution is 0.463. The van der Waals surface area contributed by atoms with Gasteiger partial charge in [0, 0.05) is 17.6 Å². The van der Waals surface area contributed by atoms with E-state index in [0.29, 0.717) is 5.88 Å². The summed E-state index contributed by atoms with van der Waals surface area (Å²) in [6.07, 6.45) is 0. The van der Waals surface area contributed by atoms with Crippen LogP contribution in [0.3, 0.4) is 0 Å². The molecule has 0 saturated carbocycles. The molecule has 1 heterocycles. The number of anilines is 1. The summed E-state index contributed by atoms with van der Waals surface area (Å²) >= 11 is 3.54. The molecular formula is C14H15BrN2O. The molecule has 4 heteroatoms. The highest BCUT2D eigenvalue weighted by Crippen LogP contribution is 2.29. The van der Waals surface area contributed by atoms with Crippen LogP contribution in [0.5, 0.6) is 11.6 Å². The van der Waals surface area contributed by atoms with Gasteiger partial charge in [-0.15, -0.1) is 0 Å². The molecule has 0 aliphatic rings. The van der Waals surface area contributed by atoms with Crippen LogP contribution >= 0.6 is 15.9 Å². The third-order valence-electron chi connectivity index (χ3n) is 2.61. The molecule has 0 aliphatic heterocycles. The number of hydrogen-bond donors (Lipinski definition) is 1. The predicted molar refractivity (Wildman–Crippen MR) is 77.5 cm³/mol. The number of pyridine rings is 1. The summed E-state index contributed by atoms with van der Waals surface area (Å²) in [5.74, 6) is 2.18. The van der Waals surface area contributed by atoms with E-state index in [0.717, 1.165) is 27.2 Å². The first-order chi connectivity index (χ1) is 8.60. The van der Waals surface area contributed by atoms with E-state index in [1.165, 1.54) is 0 Å². The highest BCUT2D eigenvalue weighted by Gasteiger charge is 2.05. The van der Waals surface area contributed by atoms with E-state index in [2.05, 4.69) is 26.2 Å². The molecule has 2 aromatic rings. The number of hydrogen-bond acceptors (Lipinski definition) is 3. The van der Waals surface area contributed by atoms with Crippen LogP contribution < -0.4 is 10.1 Å². The van der Waals surface area contributed by atoms with Crippen molar-refractivity contribution in [2.45, 2.75) is 13.8 Å². The Morgan fingerprint density at radius 1 is 1.17 bits per heavy atom. The van der Waals surface area contributed by atoms with Crippen molar-refractivity contribution in [2.75, 3.05) is 12.4 Å². The van der Waals surface area contributed by atoms with Crippen LogP contribution in [0.1, 0.15) is 11.1 Å². The fourth-order valence-electron chi connectivity index (χ4n) is 1.70. The summed E-state index contributed by atoms with van der Waals surface area (Å²) in [6.45, 7) is 4.09. The van der Waals surface area contributed by atoms with Crippen molar-refractivity contribution in [2.24, 2.45) is 0 Å². The maximum absolute atomic E-state index is 5.77. The SMILES string of the molecule is CNc1cccc(Oc2cc(C)c(Br)c(C)c2)n1. The number of rotatable bonds is 3. The molecule has 0 saturated heterocycles. The molecule has 0 amide bonds. The Balaban J connectivity index is 2.28. The van der Waals surface area contributed by atoms with Gasteiger partial charge in [-0.3, -0.25) is 0 Å². The van der Waals surface area contributed by atoms with E-state index < -0.39 is 0 Å². The fourth-order valence-corrected chi connectivity index (χ4v) is 1.93. The second-order valence-corrected chi connectivity index (χ2v) is 4.88. The van der Waals surface area contributed by atoms with Gasteiger partial charge in [0.25, 0.3) is 0 Å². The van der Waals surface area contributed by atoms with E-state index in [4.69, 9.17) is 4.74 Å². The number of nitrogens with one attached hydrogen (secondary N) is 1. The largest absolute Gasteiger partial charge is 0.439 e. The van der Waals surface area contributed by atoms with E-state index in [1.54, 1.807) is 0 Å². The molecule has 0 fully saturated rings. The van der Waals surface area contributed by atoms with Gasteiger partial charge in [0.2, 0.25) is 5.88 Å². The van der Waals surface area contributed by atoms with Crippen molar-refractivity contribution in [3.05, 3.63) is 45.9 Å². The summed E-state index contributed by atoms with van der Waals surface area (Å²) in [7, 11) is 1.83. The molecule has 94 valence electrons. The summed E-state index contributed by atoms with van der Waals surface area (Å²) in [5, 5.41) is 2.99. The van der Waals surface area contributed by atoms with Crippen LogP contribution in [0.4, 0.5) is 5.82 Å². The zero-order valence-electron chi connectivity index (χ0n) is 10.6. The molecule has 1 aromatic heterocycles. The van der Waals surface area contributed by atoms with E-state index in [9.17, 15) is 0 Å². The number of nitrogens with zero attached hydrogens (tertiary/aromatic N) is 1. The van der Waals surface area contributed by atoms with Gasteiger partial charge < -0.3 is 10.1 Å². The third kappa shape index (κ3) is 2.82. The zero-order chi connectivity index (χ0) is 13.1. The molecule has 0 spiro atoms. The topological polar surface area (TPSA) is 34.1 Å². The second-order valence-electron chi connectivity index (χ2n) is 4.08. The van der Waals surface area contributed by atoms with Gasteiger partial charge in [-0.05, 0) is 43.2 Å². The monoisotopic (exact) mass is 306 g/mol. The molecule has 1 aromatic carbocycles. The Hall–Kier alpha value is -1.55. The highest BCUT2D eigenvalue weighted by atomic mass is 79.9. The predicted octanol–water partition coefficient (Wildman–Crippen LogP) is 4.29. The van der Waals surface area contributed by atoms with Gasteiger partial charge in [-0.2, -0.15) is 4.98 Å². The Morgan fingerprint density at radius 2 is 1.83 bits per heavy atom. The van der Waals surface area contributed by atoms with Crippen LogP contribution in [-0.4, -0.2) is 12.0 Å². The van der Waals surface area contributed by atoms with Gasteiger partial charge in [-0.1, -0.05) is 22.0 Å². The summed E-state index contributed by atoms with van der Waals surface area (Å²) in [5.41, 5.74) is 2.30. The lowest BCUT2D eigenvalue weighted by atomic mass is 10.1. The first-order valence-corrected chi connectivity index (χ1v) is 6.49. The molecule has 2 rings (SSSR count). The maximum Gasteiger partial charge on any atom is 0.221 e. The smallest absolute Gasteiger partial charge is 0.221 e. The van der Waals surface area contributed by atoms with Gasteiger partial charge in [0.1, 0.15) is 11.6 Å². The van der Waals surface area contributed by atoms with Crippen LogP contribution in [0.2, 0.25) is 0 Å². The van der Waals surface area contributed by atoms with Crippen LogP contribution in [0, 0.1) is 13.8 Å². The molecular weight excluding hydrogens is 292 g/mol. The number of benzene rings is 1. The number of aryl methyl sites for hydroxylation is 2. The lowest BCUT2D eigenvalue weighted by Crippen LogP contribution is -1.95. The molecule has 0 aliphatic carbocycles. The minimum Gasteiger partial charge on any atom is -0.439 e. The molecule has 0 atom stereocenters. The number of ether oxygens (including phenoxy) is 1. The highest BCUT2D eigenvalue weighted by molar-refractivity contribution is 9.10. The molecule has 3 nitrogen and oxygen atoms in total. The molecule has 0 unspecified atom stereocenters. The van der Waals surface area contributed by atoms with Gasteiger partial charge >= 0.3 is 0 Å². The maximum atomic E-state index is 5.77. The van der Waals surface area contributed by atoms with Gasteiger partial charge in [0.15, 0.2) is 0 Å². The summed E-state index contributed by atoms with van der Waals surface area (Å²) in [6, 6.07) is 9.63. The second kappa shape index (κ2) is 5.40. The first-order valence-electron chi connectivity index (χ1n) is 5.69. The van der Waals surface area contributed by atoms with Crippen LogP contribution in [0.25, 0.3) is 0 Å². The third-order valence-corrected chi connectivity index (χ3v) is 3.86. The van der Waals surface area contributed by atoms with Crippen molar-refractivity contribution >= 4 is 21.7 Å². The standard InChI is InChI=1S/C14H15BrN2O/c1-9-7-11(8-10(2)14(9)15)18-13-6-4-5-12(16-3)17-13/h4-8H,1-3H3,(H,16,17). The Kier molecular flexibility index (Phi) is 3.87. The van der Waals surface area contributed by atoms with Gasteiger partial charge in [0.05, 0.1) is 0 Å². The van der Waals surface area contributed by atoms with Crippen molar-refractivity contribution < 1.29 is 4.74 Å². The average Bonchev–Trinajstić information content (AvgIpc) is 2.36. The molecule has 1 N–H and O–H groups in total. The van der Waals surface area contributed by atoms with Gasteiger partial charge in [-0.25, -0.2) is 0 Å². The Morgan fingerprint density at radius 3 is 2.44 bits per heavy atom. The van der Waals surface area contributed by atoms with E-state index >= 15 is 0 Å².